The van der Waals surface area contributed by atoms with E-state index in [1.807, 2.05) is 20.0 Å². The summed E-state index contributed by atoms with van der Waals surface area (Å²) in [7, 11) is 0.993. The van der Waals surface area contributed by atoms with Crippen molar-refractivity contribution in [1.29, 1.82) is 0 Å². The number of hydrogen-bond acceptors (Lipinski definition) is 5. The summed E-state index contributed by atoms with van der Waals surface area (Å²) >= 11 is 0. The number of nitrogens with zero attached hydrogens (tertiary/aromatic N) is 2. The summed E-state index contributed by atoms with van der Waals surface area (Å²) < 4.78 is 11.8. The maximum atomic E-state index is 12.6. The van der Waals surface area contributed by atoms with Gasteiger partial charge in [0.05, 0.1) is 34.7 Å². The van der Waals surface area contributed by atoms with Crippen molar-refractivity contribution in [1.82, 2.24) is 15.2 Å². The molecule has 0 spiro atoms. The molecule has 2 heterocycles. The Morgan fingerprint density at radius 3 is 2.73 bits per heavy atom. The zero-order valence-electron chi connectivity index (χ0n) is 14.9. The first-order valence-corrected chi connectivity index (χ1v) is 9.90. The van der Waals surface area contributed by atoms with Gasteiger partial charge < -0.3 is 10.4 Å². The second-order valence-corrected chi connectivity index (χ2v) is 8.15. The van der Waals surface area contributed by atoms with Crippen molar-refractivity contribution in [3.63, 3.8) is 0 Å². The topological polar surface area (TPSA) is 82.5 Å². The highest BCUT2D eigenvalue weighted by Crippen LogP contribution is 2.21. The molecule has 7 heteroatoms. The second kappa shape index (κ2) is 8.07. The number of benzene rings is 1. The molecule has 1 aromatic heterocycles. The first-order valence-electron chi connectivity index (χ1n) is 8.58. The van der Waals surface area contributed by atoms with Crippen molar-refractivity contribution in [2.24, 2.45) is 0 Å². The molecule has 0 radical (unpaired) electrons. The summed E-state index contributed by atoms with van der Waals surface area (Å²) in [6.45, 7) is 3.22. The van der Waals surface area contributed by atoms with Crippen LogP contribution in [0, 0.1) is 0 Å². The fraction of sp³-hybridized carbons (Fsp3) is 0.368. The fourth-order valence-corrected chi connectivity index (χ4v) is 3.81. The zero-order valence-corrected chi connectivity index (χ0v) is 15.8. The van der Waals surface area contributed by atoms with Gasteiger partial charge in [0.15, 0.2) is 0 Å². The van der Waals surface area contributed by atoms with Crippen LogP contribution in [0.5, 0.6) is 0 Å². The average molecular weight is 373 g/mol. The summed E-state index contributed by atoms with van der Waals surface area (Å²) in [5.74, 6) is 0.287. The van der Waals surface area contributed by atoms with Crippen molar-refractivity contribution >= 4 is 16.7 Å². The van der Waals surface area contributed by atoms with Crippen LogP contribution in [0.1, 0.15) is 40.1 Å². The number of amides is 1. The van der Waals surface area contributed by atoms with E-state index in [-0.39, 0.29) is 12.5 Å². The fourth-order valence-electron chi connectivity index (χ4n) is 3.04. The molecule has 6 nitrogen and oxygen atoms in total. The molecule has 0 fully saturated rings. The maximum absolute atomic E-state index is 12.6. The number of carbonyl (C=O) groups is 1. The first kappa shape index (κ1) is 18.7. The Bertz CT molecular complexity index is 823. The van der Waals surface area contributed by atoms with E-state index in [2.05, 4.69) is 15.2 Å². The van der Waals surface area contributed by atoms with Crippen LogP contribution in [-0.2, 0) is 23.9 Å². The number of carbonyl (C=O) groups excluding carboxylic acids is 1. The third-order valence-electron chi connectivity index (χ3n) is 4.48. The lowest BCUT2D eigenvalue weighted by molar-refractivity contribution is 0.0915. The molecular formula is C19H23N3O3S. The molecule has 1 aliphatic rings. The summed E-state index contributed by atoms with van der Waals surface area (Å²) in [5, 5.41) is 12.5. The van der Waals surface area contributed by atoms with Gasteiger partial charge in [-0.3, -0.25) is 18.9 Å². The molecule has 1 aromatic carbocycles. The number of rotatable bonds is 6. The average Bonchev–Trinajstić information content (AvgIpc) is 3.04. The number of pyridine rings is 1. The van der Waals surface area contributed by atoms with Gasteiger partial charge in [-0.05, 0) is 36.4 Å². The van der Waals surface area contributed by atoms with Gasteiger partial charge in [-0.2, -0.15) is 0 Å². The van der Waals surface area contributed by atoms with Crippen molar-refractivity contribution in [2.75, 3.05) is 19.4 Å². The number of aliphatic hydroxyl groups excluding tert-OH is 1. The van der Waals surface area contributed by atoms with Crippen molar-refractivity contribution in [3.05, 3.63) is 58.9 Å². The van der Waals surface area contributed by atoms with Crippen LogP contribution in [0.3, 0.4) is 0 Å². The van der Waals surface area contributed by atoms with E-state index in [1.165, 1.54) is 0 Å². The molecule has 0 bridgehead atoms. The Labute approximate surface area is 155 Å². The van der Waals surface area contributed by atoms with Crippen LogP contribution in [-0.4, -0.2) is 44.5 Å². The summed E-state index contributed by atoms with van der Waals surface area (Å²) in [5.41, 5.74) is 3.32. The van der Waals surface area contributed by atoms with E-state index >= 15 is 0 Å². The molecular weight excluding hydrogens is 350 g/mol. The minimum absolute atomic E-state index is 0.219. The van der Waals surface area contributed by atoms with E-state index in [4.69, 9.17) is 0 Å². The quantitative estimate of drug-likeness (QED) is 0.804. The molecule has 2 N–H and O–H groups in total. The summed E-state index contributed by atoms with van der Waals surface area (Å²) in [6.07, 6.45) is 1.58. The Kier molecular flexibility index (Phi) is 5.80. The van der Waals surface area contributed by atoms with Gasteiger partial charge >= 0.3 is 0 Å². The molecule has 2 aromatic rings. The van der Waals surface area contributed by atoms with E-state index < -0.39 is 16.8 Å². The number of aliphatic hydroxyl groups is 1. The molecule has 1 amide bonds. The Morgan fingerprint density at radius 1 is 1.35 bits per heavy atom. The standard InChI is InChI=1S/C19H23N3O3S/c1-3-26(25)16-6-4-13(5-7-16)18(12-23)21-19(24)14-8-15-10-22(2)11-17(15)20-9-14/h4-9,18,23H,3,10-12H2,1-2H3,(H,21,24)/t18-,26?/m0/s1. The number of nitrogens with one attached hydrogen (secondary N) is 1. The van der Waals surface area contributed by atoms with Gasteiger partial charge in [-0.15, -0.1) is 0 Å². The van der Waals surface area contributed by atoms with Crippen LogP contribution >= 0.6 is 0 Å². The monoisotopic (exact) mass is 373 g/mol. The van der Waals surface area contributed by atoms with Gasteiger partial charge in [0.25, 0.3) is 5.91 Å². The highest BCUT2D eigenvalue weighted by Gasteiger charge is 2.20. The largest absolute Gasteiger partial charge is 0.394 e. The van der Waals surface area contributed by atoms with Crippen LogP contribution < -0.4 is 5.32 Å². The first-order chi connectivity index (χ1) is 12.5. The van der Waals surface area contributed by atoms with Gasteiger partial charge in [0.1, 0.15) is 0 Å². The van der Waals surface area contributed by atoms with E-state index in [1.54, 1.807) is 30.5 Å². The van der Waals surface area contributed by atoms with Crippen LogP contribution in [0.15, 0.2) is 41.4 Å². The number of aromatic nitrogens is 1. The predicted octanol–water partition coefficient (Wildman–Crippen LogP) is 1.62. The lowest BCUT2D eigenvalue weighted by atomic mass is 10.1. The zero-order chi connectivity index (χ0) is 18.7. The molecule has 1 aliphatic heterocycles. The highest BCUT2D eigenvalue weighted by molar-refractivity contribution is 7.85. The number of hydrogen-bond donors (Lipinski definition) is 2. The minimum Gasteiger partial charge on any atom is -0.394 e. The number of fused-ring (bicyclic) bond motifs is 1. The Hall–Kier alpha value is -2.09. The predicted molar refractivity (Wildman–Crippen MR) is 100 cm³/mol. The third kappa shape index (κ3) is 4.00. The van der Waals surface area contributed by atoms with E-state index in [9.17, 15) is 14.1 Å². The summed E-state index contributed by atoms with van der Waals surface area (Å²) in [4.78, 5) is 19.8. The Balaban J connectivity index is 1.73. The van der Waals surface area contributed by atoms with Gasteiger partial charge in [0, 0.05) is 29.9 Å². The highest BCUT2D eigenvalue weighted by atomic mass is 32.2. The smallest absolute Gasteiger partial charge is 0.253 e. The molecule has 138 valence electrons. The molecule has 2 atom stereocenters. The van der Waals surface area contributed by atoms with Crippen molar-refractivity contribution in [3.8, 4) is 0 Å². The molecule has 26 heavy (non-hydrogen) atoms. The lowest BCUT2D eigenvalue weighted by Gasteiger charge is -2.17. The van der Waals surface area contributed by atoms with Crippen LogP contribution in [0.4, 0.5) is 0 Å². The summed E-state index contributed by atoms with van der Waals surface area (Å²) in [6, 6.07) is 8.47. The van der Waals surface area contributed by atoms with Crippen LogP contribution in [0.2, 0.25) is 0 Å². The molecule has 1 unspecified atom stereocenters. The Morgan fingerprint density at radius 2 is 2.08 bits per heavy atom. The molecule has 3 rings (SSSR count). The minimum atomic E-state index is -1.02. The van der Waals surface area contributed by atoms with Gasteiger partial charge in [0.2, 0.25) is 0 Å². The van der Waals surface area contributed by atoms with Crippen LogP contribution in [0.25, 0.3) is 0 Å². The van der Waals surface area contributed by atoms with E-state index in [0.717, 1.165) is 34.8 Å². The maximum Gasteiger partial charge on any atom is 0.253 e. The lowest BCUT2D eigenvalue weighted by Crippen LogP contribution is -2.31. The van der Waals surface area contributed by atoms with Gasteiger partial charge in [-0.25, -0.2) is 0 Å². The molecule has 0 saturated heterocycles. The molecule has 0 saturated carbocycles. The van der Waals surface area contributed by atoms with E-state index in [0.29, 0.717) is 11.3 Å². The second-order valence-electron chi connectivity index (χ2n) is 6.41. The van der Waals surface area contributed by atoms with Crippen molar-refractivity contribution in [2.45, 2.75) is 31.0 Å². The SMILES string of the molecule is CCS(=O)c1ccc([C@H](CO)NC(=O)c2cnc3c(c2)CN(C)C3)cc1. The van der Waals surface area contributed by atoms with Crippen molar-refractivity contribution < 1.29 is 14.1 Å². The molecule has 0 aliphatic carbocycles. The van der Waals surface area contributed by atoms with Gasteiger partial charge in [-0.1, -0.05) is 19.1 Å². The third-order valence-corrected chi connectivity index (χ3v) is 5.80. The normalized spacial score (nSPS) is 16.1.